The second kappa shape index (κ2) is 9.50. The highest BCUT2D eigenvalue weighted by atomic mass is 79.9. The van der Waals surface area contributed by atoms with Crippen LogP contribution in [0.2, 0.25) is 0 Å². The van der Waals surface area contributed by atoms with Crippen LogP contribution in [0.25, 0.3) is 0 Å². The van der Waals surface area contributed by atoms with Crippen LogP contribution in [-0.4, -0.2) is 50.1 Å². The highest BCUT2D eigenvalue weighted by Gasteiger charge is 2.11. The third-order valence-electron chi connectivity index (χ3n) is 3.59. The van der Waals surface area contributed by atoms with Crippen molar-refractivity contribution in [2.24, 2.45) is 5.73 Å². The van der Waals surface area contributed by atoms with Gasteiger partial charge in [-0.25, -0.2) is 0 Å². The van der Waals surface area contributed by atoms with Gasteiger partial charge in [-0.2, -0.15) is 0 Å². The molecule has 0 aliphatic heterocycles. The zero-order valence-corrected chi connectivity index (χ0v) is 14.6. The molecule has 1 aromatic rings. The fourth-order valence-electron chi connectivity index (χ4n) is 2.29. The average Bonchev–Trinajstić information content (AvgIpc) is 2.42. The molecule has 1 unspecified atom stereocenters. The highest BCUT2D eigenvalue weighted by Crippen LogP contribution is 2.23. The van der Waals surface area contributed by atoms with Crippen molar-refractivity contribution in [2.75, 3.05) is 40.3 Å². The lowest BCUT2D eigenvalue weighted by Gasteiger charge is -2.23. The smallest absolute Gasteiger partial charge is 0.0318 e. The van der Waals surface area contributed by atoms with Gasteiger partial charge in [-0.1, -0.05) is 41.1 Å². The molecule has 20 heavy (non-hydrogen) atoms. The lowest BCUT2D eigenvalue weighted by atomic mass is 10.0. The van der Waals surface area contributed by atoms with E-state index in [4.69, 9.17) is 5.73 Å². The van der Waals surface area contributed by atoms with Crippen molar-refractivity contribution in [1.29, 1.82) is 0 Å². The standard InChI is InChI=1S/C16H28BrN3/c1-4-20(12-7-11-19(2)3)13-10-16(18)14-8-5-6-9-15(14)17/h5-6,8-9,16H,4,7,10-13,18H2,1-3H3. The second-order valence-corrected chi connectivity index (χ2v) is 6.36. The topological polar surface area (TPSA) is 32.5 Å². The number of hydrogen-bond donors (Lipinski definition) is 1. The molecular weight excluding hydrogens is 314 g/mol. The van der Waals surface area contributed by atoms with Gasteiger partial charge >= 0.3 is 0 Å². The third kappa shape index (κ3) is 6.35. The summed E-state index contributed by atoms with van der Waals surface area (Å²) in [6, 6.07) is 8.35. The minimum absolute atomic E-state index is 0.105. The maximum atomic E-state index is 6.31. The third-order valence-corrected chi connectivity index (χ3v) is 4.31. The Morgan fingerprint density at radius 1 is 1.15 bits per heavy atom. The van der Waals surface area contributed by atoms with Crippen LogP contribution in [0.15, 0.2) is 28.7 Å². The van der Waals surface area contributed by atoms with Crippen molar-refractivity contribution in [3.63, 3.8) is 0 Å². The molecule has 1 aromatic carbocycles. The molecule has 0 saturated carbocycles. The van der Waals surface area contributed by atoms with E-state index in [0.29, 0.717) is 0 Å². The van der Waals surface area contributed by atoms with Crippen LogP contribution in [0.3, 0.4) is 0 Å². The molecule has 3 nitrogen and oxygen atoms in total. The second-order valence-electron chi connectivity index (χ2n) is 5.51. The van der Waals surface area contributed by atoms with Gasteiger partial charge in [0.1, 0.15) is 0 Å². The van der Waals surface area contributed by atoms with E-state index in [1.165, 1.54) is 12.0 Å². The highest BCUT2D eigenvalue weighted by molar-refractivity contribution is 9.10. The summed E-state index contributed by atoms with van der Waals surface area (Å²) in [5.74, 6) is 0. The molecule has 0 aromatic heterocycles. The summed E-state index contributed by atoms with van der Waals surface area (Å²) in [4.78, 5) is 4.72. The van der Waals surface area contributed by atoms with E-state index in [-0.39, 0.29) is 6.04 Å². The molecule has 0 heterocycles. The zero-order chi connectivity index (χ0) is 15.0. The van der Waals surface area contributed by atoms with E-state index >= 15 is 0 Å². The van der Waals surface area contributed by atoms with Gasteiger partial charge in [0.15, 0.2) is 0 Å². The molecule has 0 saturated heterocycles. The van der Waals surface area contributed by atoms with E-state index in [1.54, 1.807) is 0 Å². The molecule has 1 atom stereocenters. The Morgan fingerprint density at radius 3 is 2.45 bits per heavy atom. The lowest BCUT2D eigenvalue weighted by molar-refractivity contribution is 0.257. The van der Waals surface area contributed by atoms with Crippen molar-refractivity contribution in [2.45, 2.75) is 25.8 Å². The van der Waals surface area contributed by atoms with Crippen molar-refractivity contribution in [1.82, 2.24) is 9.80 Å². The van der Waals surface area contributed by atoms with Crippen LogP contribution < -0.4 is 5.73 Å². The van der Waals surface area contributed by atoms with Crippen molar-refractivity contribution >= 4 is 15.9 Å². The van der Waals surface area contributed by atoms with Gasteiger partial charge in [0.25, 0.3) is 0 Å². The first kappa shape index (κ1) is 17.6. The number of nitrogens with two attached hydrogens (primary N) is 1. The minimum Gasteiger partial charge on any atom is -0.324 e. The summed E-state index contributed by atoms with van der Waals surface area (Å²) in [5, 5.41) is 0. The molecule has 0 aliphatic rings. The van der Waals surface area contributed by atoms with E-state index in [0.717, 1.165) is 37.1 Å². The quantitative estimate of drug-likeness (QED) is 0.748. The molecular formula is C16H28BrN3. The molecule has 0 aliphatic carbocycles. The minimum atomic E-state index is 0.105. The summed E-state index contributed by atoms with van der Waals surface area (Å²) in [6.07, 6.45) is 2.21. The van der Waals surface area contributed by atoms with Crippen LogP contribution in [-0.2, 0) is 0 Å². The van der Waals surface area contributed by atoms with Gasteiger partial charge < -0.3 is 15.5 Å². The van der Waals surface area contributed by atoms with E-state index in [9.17, 15) is 0 Å². The van der Waals surface area contributed by atoms with Crippen molar-refractivity contribution in [3.05, 3.63) is 34.3 Å². The number of rotatable bonds is 9. The zero-order valence-electron chi connectivity index (χ0n) is 13.0. The predicted molar refractivity (Wildman–Crippen MR) is 91.0 cm³/mol. The fraction of sp³-hybridized carbons (Fsp3) is 0.625. The average molecular weight is 342 g/mol. The Morgan fingerprint density at radius 2 is 1.85 bits per heavy atom. The Bertz CT molecular complexity index is 382. The molecule has 114 valence electrons. The predicted octanol–water partition coefficient (Wildman–Crippen LogP) is 3.11. The molecule has 0 spiro atoms. The van der Waals surface area contributed by atoms with Gasteiger partial charge in [-0.15, -0.1) is 0 Å². The first-order chi connectivity index (χ1) is 9.54. The Kier molecular flexibility index (Phi) is 8.38. The maximum Gasteiger partial charge on any atom is 0.0318 e. The van der Waals surface area contributed by atoms with Crippen LogP contribution >= 0.6 is 15.9 Å². The Labute approximate surface area is 132 Å². The van der Waals surface area contributed by atoms with E-state index < -0.39 is 0 Å². The SMILES string of the molecule is CCN(CCCN(C)C)CCC(N)c1ccccc1Br. The summed E-state index contributed by atoms with van der Waals surface area (Å²) in [5.41, 5.74) is 7.52. The first-order valence-electron chi connectivity index (χ1n) is 7.41. The summed E-state index contributed by atoms with van der Waals surface area (Å²) >= 11 is 3.58. The Balaban J connectivity index is 2.38. The molecule has 4 heteroatoms. The first-order valence-corrected chi connectivity index (χ1v) is 8.21. The van der Waals surface area contributed by atoms with E-state index in [1.807, 2.05) is 6.07 Å². The fourth-order valence-corrected chi connectivity index (χ4v) is 2.87. The van der Waals surface area contributed by atoms with Crippen LogP contribution in [0.1, 0.15) is 31.4 Å². The number of halogens is 1. The molecule has 0 bridgehead atoms. The van der Waals surface area contributed by atoms with Crippen LogP contribution in [0.4, 0.5) is 0 Å². The summed E-state index contributed by atoms with van der Waals surface area (Å²) in [6.45, 7) is 6.67. The normalized spacial score (nSPS) is 13.2. The number of nitrogens with zero attached hydrogens (tertiary/aromatic N) is 2. The number of hydrogen-bond acceptors (Lipinski definition) is 3. The number of benzene rings is 1. The van der Waals surface area contributed by atoms with E-state index in [2.05, 4.69) is 64.9 Å². The van der Waals surface area contributed by atoms with Gasteiger partial charge in [-0.05, 0) is 64.7 Å². The monoisotopic (exact) mass is 341 g/mol. The molecule has 1 rings (SSSR count). The Hall–Kier alpha value is -0.420. The van der Waals surface area contributed by atoms with Crippen LogP contribution in [0, 0.1) is 0 Å². The largest absolute Gasteiger partial charge is 0.324 e. The van der Waals surface area contributed by atoms with Crippen molar-refractivity contribution < 1.29 is 0 Å². The summed E-state index contributed by atoms with van der Waals surface area (Å²) in [7, 11) is 4.25. The van der Waals surface area contributed by atoms with Gasteiger partial charge in [-0.3, -0.25) is 0 Å². The van der Waals surface area contributed by atoms with Gasteiger partial charge in [0.2, 0.25) is 0 Å². The van der Waals surface area contributed by atoms with Crippen LogP contribution in [0.5, 0.6) is 0 Å². The van der Waals surface area contributed by atoms with Crippen molar-refractivity contribution in [3.8, 4) is 0 Å². The molecule has 0 fully saturated rings. The molecule has 2 N–H and O–H groups in total. The molecule has 0 amide bonds. The molecule has 0 radical (unpaired) electrons. The maximum absolute atomic E-state index is 6.31. The van der Waals surface area contributed by atoms with Gasteiger partial charge in [0, 0.05) is 10.5 Å². The summed E-state index contributed by atoms with van der Waals surface area (Å²) < 4.78 is 1.11. The van der Waals surface area contributed by atoms with Gasteiger partial charge in [0.05, 0.1) is 0 Å². The lowest BCUT2D eigenvalue weighted by Crippen LogP contribution is -2.30.